The highest BCUT2D eigenvalue weighted by atomic mass is 35.5. The molecule has 0 aliphatic heterocycles. The number of halogens is 1. The number of carbonyl (C=O) groups is 2. The van der Waals surface area contributed by atoms with Crippen LogP contribution in [0.1, 0.15) is 34.3 Å². The monoisotopic (exact) mass is 484 g/mol. The first-order chi connectivity index (χ1) is 17.0. The van der Waals surface area contributed by atoms with E-state index in [0.29, 0.717) is 34.1 Å². The van der Waals surface area contributed by atoms with Gasteiger partial charge in [-0.25, -0.2) is 0 Å². The third-order valence-corrected chi connectivity index (χ3v) is 5.92. The molecule has 1 N–H and O–H groups in total. The predicted octanol–water partition coefficient (Wildman–Crippen LogP) is 7.63. The Bertz CT molecular complexity index is 1300. The van der Waals surface area contributed by atoms with Crippen molar-refractivity contribution in [1.29, 1.82) is 0 Å². The lowest BCUT2D eigenvalue weighted by atomic mass is 10.0. The lowest BCUT2D eigenvalue weighted by Gasteiger charge is -2.13. The summed E-state index contributed by atoms with van der Waals surface area (Å²) in [5.41, 5.74) is 4.25. The first-order valence-corrected chi connectivity index (χ1v) is 11.8. The topological polar surface area (TPSA) is 63.6 Å². The van der Waals surface area contributed by atoms with Crippen molar-refractivity contribution in [3.05, 3.63) is 119 Å². The first-order valence-electron chi connectivity index (χ1n) is 11.4. The summed E-state index contributed by atoms with van der Waals surface area (Å²) < 4.78 is 6.14. The van der Waals surface area contributed by atoms with Crippen molar-refractivity contribution in [3.8, 4) is 22.6 Å². The lowest BCUT2D eigenvalue weighted by molar-refractivity contribution is -0.136. The molecular formula is C30H25ClO4. The third kappa shape index (κ3) is 6.81. The van der Waals surface area contributed by atoms with Gasteiger partial charge in [0.15, 0.2) is 5.78 Å². The Morgan fingerprint density at radius 2 is 1.49 bits per heavy atom. The second kappa shape index (κ2) is 11.5. The molecule has 176 valence electrons. The van der Waals surface area contributed by atoms with Crippen LogP contribution < -0.4 is 4.74 Å². The van der Waals surface area contributed by atoms with E-state index in [2.05, 4.69) is 0 Å². The molecule has 4 aromatic rings. The van der Waals surface area contributed by atoms with Crippen molar-refractivity contribution in [2.24, 2.45) is 0 Å². The number of aliphatic carboxylic acids is 1. The zero-order chi connectivity index (χ0) is 24.6. The van der Waals surface area contributed by atoms with Crippen molar-refractivity contribution in [2.45, 2.75) is 25.7 Å². The van der Waals surface area contributed by atoms with Crippen LogP contribution in [0, 0.1) is 0 Å². The molecule has 5 heteroatoms. The highest BCUT2D eigenvalue weighted by molar-refractivity contribution is 6.30. The minimum absolute atomic E-state index is 0.0606. The van der Waals surface area contributed by atoms with E-state index in [9.17, 15) is 9.59 Å². The summed E-state index contributed by atoms with van der Waals surface area (Å²) in [5, 5.41) is 9.87. The molecule has 0 saturated heterocycles. The van der Waals surface area contributed by atoms with E-state index in [0.717, 1.165) is 29.5 Å². The maximum absolute atomic E-state index is 12.6. The predicted molar refractivity (Wildman–Crippen MR) is 138 cm³/mol. The zero-order valence-electron chi connectivity index (χ0n) is 19.1. The molecule has 0 bridgehead atoms. The molecule has 35 heavy (non-hydrogen) atoms. The van der Waals surface area contributed by atoms with Crippen LogP contribution >= 0.6 is 11.6 Å². The average Bonchev–Trinajstić information content (AvgIpc) is 2.87. The number of benzene rings is 4. The summed E-state index contributed by atoms with van der Waals surface area (Å²) in [7, 11) is 0. The number of carboxylic acids is 1. The van der Waals surface area contributed by atoms with Gasteiger partial charge in [0.2, 0.25) is 0 Å². The smallest absolute Gasteiger partial charge is 0.307 e. The number of carboxylic acid groups (broad SMARTS) is 1. The highest BCUT2D eigenvalue weighted by Crippen LogP contribution is 2.34. The van der Waals surface area contributed by atoms with E-state index in [-0.39, 0.29) is 12.2 Å². The second-order valence-electron chi connectivity index (χ2n) is 8.30. The number of hydrogen-bond donors (Lipinski definition) is 1. The summed E-state index contributed by atoms with van der Waals surface area (Å²) in [6, 6.07) is 29.9. The number of aryl methyl sites for hydroxylation is 1. The van der Waals surface area contributed by atoms with Gasteiger partial charge in [-0.05, 0) is 78.1 Å². The van der Waals surface area contributed by atoms with Crippen LogP contribution in [0.2, 0.25) is 5.02 Å². The molecule has 0 heterocycles. The fourth-order valence-electron chi connectivity index (χ4n) is 3.88. The molecule has 4 rings (SSSR count). The van der Waals surface area contributed by atoms with Crippen molar-refractivity contribution in [2.75, 3.05) is 0 Å². The summed E-state index contributed by atoms with van der Waals surface area (Å²) in [6.45, 7) is 0. The molecule has 0 amide bonds. The minimum Gasteiger partial charge on any atom is -0.481 e. The molecule has 4 nitrogen and oxygen atoms in total. The van der Waals surface area contributed by atoms with Gasteiger partial charge in [0.05, 0.1) is 6.42 Å². The summed E-state index contributed by atoms with van der Waals surface area (Å²) in [6.07, 6.45) is 1.99. The van der Waals surface area contributed by atoms with E-state index in [1.807, 2.05) is 60.7 Å². The molecule has 0 spiro atoms. The number of Topliss-reactive ketones (excluding diaryl/α,β-unsaturated/α-hetero) is 1. The molecule has 0 atom stereocenters. The van der Waals surface area contributed by atoms with Gasteiger partial charge in [0.25, 0.3) is 0 Å². The Hall–Kier alpha value is -3.89. The minimum atomic E-state index is -0.883. The molecule has 0 saturated carbocycles. The number of hydrogen-bond acceptors (Lipinski definition) is 3. The third-order valence-electron chi connectivity index (χ3n) is 5.67. The molecule has 4 aromatic carbocycles. The molecule has 0 unspecified atom stereocenters. The second-order valence-corrected chi connectivity index (χ2v) is 8.73. The normalized spacial score (nSPS) is 10.7. The van der Waals surface area contributed by atoms with Gasteiger partial charge in [-0.3, -0.25) is 9.59 Å². The largest absolute Gasteiger partial charge is 0.481 e. The number of carbonyl (C=O) groups excluding carboxylic acids is 1. The van der Waals surface area contributed by atoms with Crippen molar-refractivity contribution >= 4 is 23.4 Å². The van der Waals surface area contributed by atoms with E-state index in [4.69, 9.17) is 21.4 Å². The van der Waals surface area contributed by atoms with Crippen LogP contribution in [-0.2, 0) is 17.6 Å². The van der Waals surface area contributed by atoms with Crippen LogP contribution in [0.4, 0.5) is 0 Å². The van der Waals surface area contributed by atoms with Gasteiger partial charge in [0, 0.05) is 22.6 Å². The molecule has 0 aromatic heterocycles. The van der Waals surface area contributed by atoms with Gasteiger partial charge in [-0.15, -0.1) is 0 Å². The van der Waals surface area contributed by atoms with Gasteiger partial charge < -0.3 is 9.84 Å². The fourth-order valence-corrected chi connectivity index (χ4v) is 4.00. The van der Waals surface area contributed by atoms with Gasteiger partial charge >= 0.3 is 5.97 Å². The SMILES string of the molecule is O=C(O)Cc1ccc(Oc2ccc(C(=O)CCCc3ccc(Cl)cc3)cc2)c(-c2ccccc2)c1. The van der Waals surface area contributed by atoms with Crippen molar-refractivity contribution in [1.82, 2.24) is 0 Å². The fraction of sp³-hybridized carbons (Fsp3) is 0.133. The highest BCUT2D eigenvalue weighted by Gasteiger charge is 2.12. The number of rotatable bonds is 10. The maximum Gasteiger partial charge on any atom is 0.307 e. The van der Waals surface area contributed by atoms with Crippen LogP contribution in [0.15, 0.2) is 97.1 Å². The van der Waals surface area contributed by atoms with E-state index >= 15 is 0 Å². The van der Waals surface area contributed by atoms with Gasteiger partial charge in [-0.2, -0.15) is 0 Å². The van der Waals surface area contributed by atoms with Crippen molar-refractivity contribution < 1.29 is 19.4 Å². The maximum atomic E-state index is 12.6. The molecule has 0 aliphatic rings. The number of ether oxygens (including phenoxy) is 1. The van der Waals surface area contributed by atoms with Crippen LogP contribution in [-0.4, -0.2) is 16.9 Å². The van der Waals surface area contributed by atoms with E-state index in [1.54, 1.807) is 36.4 Å². The molecule has 0 aliphatic carbocycles. The van der Waals surface area contributed by atoms with Crippen LogP contribution in [0.3, 0.4) is 0 Å². The van der Waals surface area contributed by atoms with Gasteiger partial charge in [0.1, 0.15) is 11.5 Å². The number of ketones is 1. The van der Waals surface area contributed by atoms with E-state index < -0.39 is 5.97 Å². The van der Waals surface area contributed by atoms with Crippen molar-refractivity contribution in [3.63, 3.8) is 0 Å². The first kappa shape index (κ1) is 24.2. The summed E-state index contributed by atoms with van der Waals surface area (Å²) in [5.74, 6) is 0.429. The Labute approximate surface area is 209 Å². The standard InChI is InChI=1S/C30H25ClO4/c31-25-14-9-21(10-15-25)5-4-8-28(32)24-12-16-26(17-13-24)35-29-18-11-22(20-30(33)34)19-27(29)23-6-2-1-3-7-23/h1-3,6-7,9-19H,4-5,8,20H2,(H,33,34). The Balaban J connectivity index is 1.43. The van der Waals surface area contributed by atoms with E-state index in [1.165, 1.54) is 0 Å². The van der Waals surface area contributed by atoms with Gasteiger partial charge in [-0.1, -0.05) is 60.1 Å². The van der Waals surface area contributed by atoms with Crippen LogP contribution in [0.25, 0.3) is 11.1 Å². The Kier molecular flexibility index (Phi) is 7.96. The zero-order valence-corrected chi connectivity index (χ0v) is 19.9. The summed E-state index contributed by atoms with van der Waals surface area (Å²) in [4.78, 5) is 23.8. The molecular weight excluding hydrogens is 460 g/mol. The summed E-state index contributed by atoms with van der Waals surface area (Å²) >= 11 is 5.92. The Morgan fingerprint density at radius 3 is 2.17 bits per heavy atom. The quantitative estimate of drug-likeness (QED) is 0.235. The molecule has 0 radical (unpaired) electrons. The Morgan fingerprint density at radius 1 is 0.800 bits per heavy atom. The van der Waals surface area contributed by atoms with Crippen LogP contribution in [0.5, 0.6) is 11.5 Å². The average molecular weight is 485 g/mol. The lowest BCUT2D eigenvalue weighted by Crippen LogP contribution is -2.01. The molecule has 0 fully saturated rings.